The summed E-state index contributed by atoms with van der Waals surface area (Å²) in [6.45, 7) is 0.246. The van der Waals surface area contributed by atoms with Crippen LogP contribution in [0.15, 0.2) is 36.5 Å². The minimum Gasteiger partial charge on any atom is -0.358 e. The molecular weight excluding hydrogens is 274 g/mol. The minimum absolute atomic E-state index is 0.138. The summed E-state index contributed by atoms with van der Waals surface area (Å²) in [7, 11) is 0. The third-order valence-electron chi connectivity index (χ3n) is 2.68. The number of benzene rings is 1. The first-order valence-electron chi connectivity index (χ1n) is 6.06. The number of hydrogen-bond acceptors (Lipinski definition) is 5. The van der Waals surface area contributed by atoms with Gasteiger partial charge in [-0.2, -0.15) is 9.94 Å². The van der Waals surface area contributed by atoms with Crippen molar-refractivity contribution in [1.82, 2.24) is 9.78 Å². The number of aryl methyl sites for hydroxylation is 1. The highest BCUT2D eigenvalue weighted by Gasteiger charge is 2.11. The first-order valence-corrected chi connectivity index (χ1v) is 6.06. The Kier molecular flexibility index (Phi) is 4.26. The molecule has 0 radical (unpaired) electrons. The highest BCUT2D eigenvalue weighted by atomic mass is 16.6. The van der Waals surface area contributed by atoms with Crippen LogP contribution in [0.5, 0.6) is 0 Å². The Morgan fingerprint density at radius 3 is 2.67 bits per heavy atom. The summed E-state index contributed by atoms with van der Waals surface area (Å²) in [6.07, 6.45) is 1.59. The van der Waals surface area contributed by atoms with Crippen LogP contribution < -0.4 is 5.32 Å². The topological polar surface area (TPSA) is 114 Å². The number of nitrogens with zero attached hydrogens (tertiary/aromatic N) is 4. The molecule has 0 bridgehead atoms. The van der Waals surface area contributed by atoms with E-state index < -0.39 is 4.92 Å². The maximum absolute atomic E-state index is 11.7. The van der Waals surface area contributed by atoms with E-state index in [1.807, 2.05) is 6.07 Å². The Morgan fingerprint density at radius 2 is 2.10 bits per heavy atom. The smallest absolute Gasteiger partial charge is 0.358 e. The normalized spacial score (nSPS) is 9.86. The number of amides is 1. The maximum atomic E-state index is 11.7. The lowest BCUT2D eigenvalue weighted by atomic mass is 10.2. The fraction of sp³-hybridized carbons (Fsp3) is 0.154. The molecule has 0 atom stereocenters. The molecule has 1 aromatic carbocycles. The van der Waals surface area contributed by atoms with E-state index in [1.165, 1.54) is 16.9 Å². The monoisotopic (exact) mass is 285 g/mol. The van der Waals surface area contributed by atoms with Crippen molar-refractivity contribution < 1.29 is 9.72 Å². The van der Waals surface area contributed by atoms with E-state index in [2.05, 4.69) is 10.4 Å². The van der Waals surface area contributed by atoms with Gasteiger partial charge < -0.3 is 15.4 Å². The first kappa shape index (κ1) is 14.2. The van der Waals surface area contributed by atoms with E-state index in [-0.39, 0.29) is 24.7 Å². The van der Waals surface area contributed by atoms with Gasteiger partial charge in [-0.3, -0.25) is 4.79 Å². The van der Waals surface area contributed by atoms with Crippen molar-refractivity contribution >= 4 is 17.4 Å². The number of hydrogen-bond donors (Lipinski definition) is 1. The quantitative estimate of drug-likeness (QED) is 0.663. The molecular formula is C13H11N5O3. The number of rotatable bonds is 5. The second-order valence-electron chi connectivity index (χ2n) is 4.18. The number of nitrogens with one attached hydrogen (secondary N) is 1. The van der Waals surface area contributed by atoms with E-state index in [4.69, 9.17) is 5.26 Å². The van der Waals surface area contributed by atoms with Gasteiger partial charge >= 0.3 is 5.82 Å². The molecule has 0 unspecified atom stereocenters. The molecule has 2 rings (SSSR count). The van der Waals surface area contributed by atoms with Crippen molar-refractivity contribution in [2.75, 3.05) is 5.32 Å². The molecule has 106 valence electrons. The SMILES string of the molecule is N#Cc1ccc(NC(=O)CCn2ccc([N+](=O)[O-])n2)cc1. The second kappa shape index (κ2) is 6.29. The van der Waals surface area contributed by atoms with Crippen molar-refractivity contribution in [2.45, 2.75) is 13.0 Å². The molecule has 0 aliphatic rings. The zero-order chi connectivity index (χ0) is 15.2. The Bertz CT molecular complexity index is 699. The van der Waals surface area contributed by atoms with Gasteiger partial charge in [0.2, 0.25) is 5.91 Å². The average molecular weight is 285 g/mol. The largest absolute Gasteiger partial charge is 0.389 e. The lowest BCUT2D eigenvalue weighted by Gasteiger charge is -2.04. The Morgan fingerprint density at radius 1 is 1.38 bits per heavy atom. The summed E-state index contributed by atoms with van der Waals surface area (Å²) >= 11 is 0. The molecule has 0 spiro atoms. The summed E-state index contributed by atoms with van der Waals surface area (Å²) in [5.74, 6) is -0.486. The van der Waals surface area contributed by atoms with E-state index in [9.17, 15) is 14.9 Å². The number of aromatic nitrogens is 2. The molecule has 8 heteroatoms. The lowest BCUT2D eigenvalue weighted by molar-refractivity contribution is -0.389. The molecule has 2 aromatic rings. The van der Waals surface area contributed by atoms with Gasteiger partial charge in [-0.05, 0) is 29.2 Å². The van der Waals surface area contributed by atoms with Crippen LogP contribution in [-0.4, -0.2) is 20.6 Å². The molecule has 0 saturated heterocycles. The molecule has 0 saturated carbocycles. The molecule has 8 nitrogen and oxygen atoms in total. The van der Waals surface area contributed by atoms with E-state index >= 15 is 0 Å². The fourth-order valence-electron chi connectivity index (χ4n) is 1.64. The fourth-order valence-corrected chi connectivity index (χ4v) is 1.64. The second-order valence-corrected chi connectivity index (χ2v) is 4.18. The maximum Gasteiger partial charge on any atom is 0.389 e. The van der Waals surface area contributed by atoms with Crippen molar-refractivity contribution in [3.05, 3.63) is 52.2 Å². The Labute approximate surface area is 119 Å². The van der Waals surface area contributed by atoms with Gasteiger partial charge in [0.1, 0.15) is 0 Å². The van der Waals surface area contributed by atoms with Crippen LogP contribution in [0.1, 0.15) is 12.0 Å². The third kappa shape index (κ3) is 3.87. The van der Waals surface area contributed by atoms with Crippen LogP contribution in [0.4, 0.5) is 11.5 Å². The van der Waals surface area contributed by atoms with Gasteiger partial charge in [-0.1, -0.05) is 0 Å². The van der Waals surface area contributed by atoms with Gasteiger partial charge in [0.05, 0.1) is 35.5 Å². The first-order chi connectivity index (χ1) is 10.1. The number of nitriles is 1. The van der Waals surface area contributed by atoms with Gasteiger partial charge in [0, 0.05) is 12.1 Å². The molecule has 1 heterocycles. The number of carbonyl (C=O) groups excluding carboxylic acids is 1. The molecule has 1 aromatic heterocycles. The van der Waals surface area contributed by atoms with Crippen LogP contribution in [-0.2, 0) is 11.3 Å². The molecule has 21 heavy (non-hydrogen) atoms. The predicted molar refractivity (Wildman–Crippen MR) is 73.3 cm³/mol. The van der Waals surface area contributed by atoms with Crippen LogP contribution in [0.2, 0.25) is 0 Å². The van der Waals surface area contributed by atoms with E-state index in [1.54, 1.807) is 24.3 Å². The average Bonchev–Trinajstić information content (AvgIpc) is 2.95. The summed E-state index contributed by atoms with van der Waals surface area (Å²) in [6, 6.07) is 9.74. The number of anilines is 1. The Hall–Kier alpha value is -3.21. The molecule has 1 amide bonds. The van der Waals surface area contributed by atoms with Crippen LogP contribution >= 0.6 is 0 Å². The summed E-state index contributed by atoms with van der Waals surface area (Å²) in [4.78, 5) is 21.6. The zero-order valence-corrected chi connectivity index (χ0v) is 10.9. The van der Waals surface area contributed by atoms with E-state index in [0.29, 0.717) is 11.3 Å². The van der Waals surface area contributed by atoms with E-state index in [0.717, 1.165) is 0 Å². The number of carbonyl (C=O) groups is 1. The third-order valence-corrected chi connectivity index (χ3v) is 2.68. The van der Waals surface area contributed by atoms with Gasteiger partial charge in [-0.25, -0.2) is 0 Å². The summed E-state index contributed by atoms with van der Waals surface area (Å²) in [5, 5.41) is 25.5. The minimum atomic E-state index is -0.590. The van der Waals surface area contributed by atoms with Crippen LogP contribution in [0.3, 0.4) is 0 Å². The highest BCUT2D eigenvalue weighted by molar-refractivity contribution is 5.90. The summed E-state index contributed by atoms with van der Waals surface area (Å²) < 4.78 is 1.34. The van der Waals surface area contributed by atoms with Crippen LogP contribution in [0.25, 0.3) is 0 Å². The lowest BCUT2D eigenvalue weighted by Crippen LogP contribution is -2.14. The van der Waals surface area contributed by atoms with Crippen molar-refractivity contribution in [3.8, 4) is 6.07 Å². The zero-order valence-electron chi connectivity index (χ0n) is 10.9. The molecule has 1 N–H and O–H groups in total. The molecule has 0 aliphatic heterocycles. The number of nitro groups is 1. The van der Waals surface area contributed by atoms with Crippen molar-refractivity contribution in [3.63, 3.8) is 0 Å². The molecule has 0 aliphatic carbocycles. The summed E-state index contributed by atoms with van der Waals surface area (Å²) in [5.41, 5.74) is 1.10. The van der Waals surface area contributed by atoms with Crippen molar-refractivity contribution in [2.24, 2.45) is 0 Å². The highest BCUT2D eigenvalue weighted by Crippen LogP contribution is 2.10. The molecule has 0 fully saturated rings. The van der Waals surface area contributed by atoms with Crippen molar-refractivity contribution in [1.29, 1.82) is 5.26 Å². The standard InChI is InChI=1S/C13H11N5O3/c14-9-10-1-3-11(4-2-10)15-13(19)6-8-17-7-5-12(16-17)18(20)21/h1-5,7H,6,8H2,(H,15,19). The van der Waals surface area contributed by atoms with Crippen LogP contribution in [0, 0.1) is 21.4 Å². The predicted octanol–water partition coefficient (Wildman–Crippen LogP) is 1.69. The van der Waals surface area contributed by atoms with Gasteiger partial charge in [0.25, 0.3) is 0 Å². The Balaban J connectivity index is 1.86. The van der Waals surface area contributed by atoms with Gasteiger partial charge in [-0.15, -0.1) is 0 Å². The van der Waals surface area contributed by atoms with Gasteiger partial charge in [0.15, 0.2) is 0 Å².